The monoisotopic (exact) mass is 450 g/mol. The van der Waals surface area contributed by atoms with Crippen LogP contribution in [0.25, 0.3) is 5.52 Å². The number of fused-ring (bicyclic) bond motifs is 1. The van der Waals surface area contributed by atoms with Crippen molar-refractivity contribution in [3.05, 3.63) is 23.0 Å². The molecule has 0 radical (unpaired) electrons. The minimum absolute atomic E-state index is 0.0405. The van der Waals surface area contributed by atoms with Crippen molar-refractivity contribution < 1.29 is 12.8 Å². The van der Waals surface area contributed by atoms with E-state index in [0.717, 1.165) is 54.3 Å². The normalized spacial score (nSPS) is 21.1. The highest BCUT2D eigenvalue weighted by Crippen LogP contribution is 2.48. The van der Waals surface area contributed by atoms with E-state index in [-0.39, 0.29) is 17.9 Å². The Kier molecular flexibility index (Phi) is 6.86. The van der Waals surface area contributed by atoms with E-state index < -0.39 is 16.2 Å². The number of anilines is 1. The highest BCUT2D eigenvalue weighted by atomic mass is 32.2. The Hall–Kier alpha value is -2.25. The van der Waals surface area contributed by atoms with Crippen LogP contribution in [0.5, 0.6) is 0 Å². The highest BCUT2D eigenvalue weighted by Gasteiger charge is 2.42. The molecule has 31 heavy (non-hydrogen) atoms. The molecule has 2 fully saturated rings. The minimum atomic E-state index is -3.17. The van der Waals surface area contributed by atoms with Gasteiger partial charge in [-0.05, 0) is 44.1 Å². The predicted octanol–water partition coefficient (Wildman–Crippen LogP) is 2.96. The first-order valence-corrected chi connectivity index (χ1v) is 12.7. The van der Waals surface area contributed by atoms with Crippen molar-refractivity contribution in [3.63, 3.8) is 0 Å². The summed E-state index contributed by atoms with van der Waals surface area (Å²) >= 11 is 0. The predicted molar refractivity (Wildman–Crippen MR) is 118 cm³/mol. The summed E-state index contributed by atoms with van der Waals surface area (Å²) in [6.45, 7) is 4.77. The van der Waals surface area contributed by atoms with Crippen LogP contribution >= 0.6 is 0 Å². The molecule has 2 aromatic heterocycles. The van der Waals surface area contributed by atoms with Crippen LogP contribution < -0.4 is 5.73 Å². The smallest absolute Gasteiger partial charge is 0.238 e. The lowest BCUT2D eigenvalue weighted by Gasteiger charge is -2.41. The summed E-state index contributed by atoms with van der Waals surface area (Å²) in [6, 6.07) is 2.40. The second-order valence-electron chi connectivity index (χ2n) is 8.43. The molecule has 8 nitrogen and oxygen atoms in total. The number of piperidine rings is 1. The Morgan fingerprint density at radius 1 is 1.35 bits per heavy atom. The molecule has 2 aliphatic rings. The third kappa shape index (κ3) is 4.53. The van der Waals surface area contributed by atoms with Crippen LogP contribution in [-0.4, -0.2) is 52.8 Å². The van der Waals surface area contributed by atoms with Gasteiger partial charge in [-0.1, -0.05) is 20.3 Å². The zero-order valence-corrected chi connectivity index (χ0v) is 19.3. The van der Waals surface area contributed by atoms with Gasteiger partial charge in [0.15, 0.2) is 0 Å². The molecule has 1 saturated carbocycles. The molecule has 1 aliphatic carbocycles. The highest BCUT2D eigenvalue weighted by molar-refractivity contribution is 7.88. The van der Waals surface area contributed by atoms with Crippen molar-refractivity contribution in [2.24, 2.45) is 0 Å². The van der Waals surface area contributed by atoms with Gasteiger partial charge in [-0.15, -0.1) is 5.10 Å². The molecule has 0 aromatic carbocycles. The maximum Gasteiger partial charge on any atom is 0.238 e. The molecule has 1 saturated heterocycles. The molecule has 0 amide bonds. The maximum absolute atomic E-state index is 12.7. The first kappa shape index (κ1) is 23.4. The van der Waals surface area contributed by atoms with Crippen molar-refractivity contribution >= 4 is 21.5 Å². The zero-order chi connectivity index (χ0) is 22.8. The van der Waals surface area contributed by atoms with Gasteiger partial charge in [0.05, 0.1) is 29.2 Å². The van der Waals surface area contributed by atoms with Gasteiger partial charge in [-0.2, -0.15) is 9.57 Å². The number of nitriles is 1. The maximum atomic E-state index is 12.7. The van der Waals surface area contributed by atoms with Crippen LogP contribution in [0.3, 0.4) is 0 Å². The molecule has 0 bridgehead atoms. The lowest BCUT2D eigenvalue weighted by atomic mass is 9.64. The number of hydrogen-bond donors (Lipinski definition) is 1. The molecule has 1 atom stereocenters. The number of hydrogen-bond acceptors (Lipinski definition) is 6. The van der Waals surface area contributed by atoms with Crippen molar-refractivity contribution in [3.8, 4) is 6.07 Å². The second-order valence-corrected chi connectivity index (χ2v) is 10.4. The second kappa shape index (κ2) is 9.09. The molecule has 1 unspecified atom stereocenters. The van der Waals surface area contributed by atoms with Crippen LogP contribution in [0.4, 0.5) is 10.3 Å². The van der Waals surface area contributed by atoms with Gasteiger partial charge < -0.3 is 5.73 Å². The number of nitrogen functional groups attached to an aromatic ring is 1. The van der Waals surface area contributed by atoms with E-state index in [9.17, 15) is 18.1 Å². The number of aryl methyl sites for hydroxylation is 1. The number of rotatable bonds is 4. The van der Waals surface area contributed by atoms with Crippen molar-refractivity contribution in [1.29, 1.82) is 5.26 Å². The third-order valence-corrected chi connectivity index (χ3v) is 7.83. The van der Waals surface area contributed by atoms with E-state index >= 15 is 0 Å². The number of nitrogens with two attached hydrogens (primary N) is 1. The van der Waals surface area contributed by atoms with Gasteiger partial charge >= 0.3 is 0 Å². The minimum Gasteiger partial charge on any atom is -0.367 e. The van der Waals surface area contributed by atoms with E-state index in [0.29, 0.717) is 19.4 Å². The van der Waals surface area contributed by atoms with Crippen LogP contribution in [0, 0.1) is 11.3 Å². The number of sulfonamides is 1. The van der Waals surface area contributed by atoms with Gasteiger partial charge in [0.1, 0.15) is 12.2 Å². The van der Waals surface area contributed by atoms with E-state index in [2.05, 4.69) is 30.0 Å². The topological polar surface area (TPSA) is 117 Å². The zero-order valence-electron chi connectivity index (χ0n) is 18.4. The van der Waals surface area contributed by atoms with E-state index in [1.165, 1.54) is 10.7 Å². The Morgan fingerprint density at radius 3 is 2.52 bits per heavy atom. The summed E-state index contributed by atoms with van der Waals surface area (Å²) in [5.74, 6) is 0.256. The Labute approximate surface area is 183 Å². The first-order valence-electron chi connectivity index (χ1n) is 10.8. The summed E-state index contributed by atoms with van der Waals surface area (Å²) < 4.78 is 37.5. The quantitative estimate of drug-likeness (QED) is 0.765. The molecule has 10 heteroatoms. The van der Waals surface area contributed by atoms with E-state index in [1.807, 2.05) is 4.52 Å². The summed E-state index contributed by atoms with van der Waals surface area (Å²) in [5, 5.41) is 14.0. The van der Waals surface area contributed by atoms with E-state index in [1.54, 1.807) is 6.20 Å². The molecule has 4 rings (SSSR count). The number of alkyl halides is 1. The lowest BCUT2D eigenvalue weighted by molar-refractivity contribution is 0.203. The van der Waals surface area contributed by atoms with E-state index in [4.69, 9.17) is 5.73 Å². The summed E-state index contributed by atoms with van der Waals surface area (Å²) in [6.07, 6.45) is 8.31. The molecule has 1 aliphatic heterocycles. The van der Waals surface area contributed by atoms with Gasteiger partial charge in [0, 0.05) is 18.5 Å². The Bertz CT molecular complexity index is 1080. The van der Waals surface area contributed by atoms with Crippen molar-refractivity contribution in [2.75, 3.05) is 25.1 Å². The molecule has 0 spiro atoms. The van der Waals surface area contributed by atoms with Gasteiger partial charge in [-0.25, -0.2) is 22.3 Å². The number of nitrogens with zero attached hydrogens (tertiary/aromatic N) is 5. The molecule has 170 valence electrons. The summed E-state index contributed by atoms with van der Waals surface area (Å²) in [4.78, 5) is 4.09. The SMILES string of the molecule is CCc1c(C#N)c(C2(CC)CCC2)n2nc(N)ncc12.CS(=O)(=O)N1CCCC(F)C1. The first-order chi connectivity index (χ1) is 14.7. The Balaban J connectivity index is 0.000000210. The number of aromatic nitrogens is 3. The molecule has 3 heterocycles. The summed E-state index contributed by atoms with van der Waals surface area (Å²) in [5.41, 5.74) is 9.64. The van der Waals surface area contributed by atoms with Crippen LogP contribution in [0.2, 0.25) is 0 Å². The Morgan fingerprint density at radius 2 is 2.06 bits per heavy atom. The molecule has 2 aromatic rings. The van der Waals surface area contributed by atoms with Crippen molar-refractivity contribution in [1.82, 2.24) is 18.9 Å². The number of halogens is 1. The summed E-state index contributed by atoms with van der Waals surface area (Å²) in [7, 11) is -3.17. The van der Waals surface area contributed by atoms with Crippen LogP contribution in [0.1, 0.15) is 69.2 Å². The molecular weight excluding hydrogens is 419 g/mol. The average molecular weight is 451 g/mol. The third-order valence-electron chi connectivity index (χ3n) is 6.56. The molecule has 2 N–H and O–H groups in total. The van der Waals surface area contributed by atoms with Crippen LogP contribution in [0.15, 0.2) is 6.20 Å². The largest absolute Gasteiger partial charge is 0.367 e. The lowest BCUT2D eigenvalue weighted by Crippen LogP contribution is -2.39. The van der Waals surface area contributed by atoms with Gasteiger partial charge in [0.2, 0.25) is 16.0 Å². The van der Waals surface area contributed by atoms with Crippen LogP contribution in [-0.2, 0) is 21.9 Å². The average Bonchev–Trinajstić information content (AvgIpc) is 3.00. The fourth-order valence-electron chi connectivity index (χ4n) is 4.64. The van der Waals surface area contributed by atoms with Gasteiger partial charge in [0.25, 0.3) is 0 Å². The standard InChI is InChI=1S/C15H19N5.C6H12FNO2S/c1-3-10-11(8-16)13(15(4-2)6-5-7-15)20-12(10)9-18-14(17)19-20;1-11(9,10)8-4-2-3-6(7)5-8/h9H,3-7H2,1-2H3,(H2,17,19);6H,2-5H2,1H3. The van der Waals surface area contributed by atoms with Gasteiger partial charge in [-0.3, -0.25) is 0 Å². The fraction of sp³-hybridized carbons (Fsp3) is 0.667. The molecular formula is C21H31FN6O2S. The van der Waals surface area contributed by atoms with Crippen molar-refractivity contribution in [2.45, 2.75) is 70.4 Å². The fourth-order valence-corrected chi connectivity index (χ4v) is 5.53.